The van der Waals surface area contributed by atoms with Crippen LogP contribution in [0.1, 0.15) is 15.9 Å². The molecule has 0 atom stereocenters. The fraction of sp³-hybridized carbons (Fsp3) is 0.267. The van der Waals surface area contributed by atoms with Crippen molar-refractivity contribution in [3.8, 4) is 0 Å². The smallest absolute Gasteiger partial charge is 0.354 e. The van der Waals surface area contributed by atoms with Gasteiger partial charge in [0.2, 0.25) is 0 Å². The number of nitrogens with one attached hydrogen (secondary N) is 1. The Bertz CT molecular complexity index is 666. The molecule has 22 heavy (non-hydrogen) atoms. The average Bonchev–Trinajstić information content (AvgIpc) is 2.81. The van der Waals surface area contributed by atoms with E-state index in [4.69, 9.17) is 0 Å². The summed E-state index contributed by atoms with van der Waals surface area (Å²) in [5.41, 5.74) is 1.65. The van der Waals surface area contributed by atoms with E-state index in [1.54, 1.807) is 24.1 Å². The topological polar surface area (TPSA) is 84.9 Å². The molecule has 0 radical (unpaired) electrons. The van der Waals surface area contributed by atoms with E-state index in [0.29, 0.717) is 17.8 Å². The minimum absolute atomic E-state index is 0.106. The van der Waals surface area contributed by atoms with Crippen LogP contribution in [-0.4, -0.2) is 44.0 Å². The van der Waals surface area contributed by atoms with Gasteiger partial charge >= 0.3 is 11.9 Å². The summed E-state index contributed by atoms with van der Waals surface area (Å²) in [6.45, 7) is 0.498. The van der Waals surface area contributed by atoms with Gasteiger partial charge < -0.3 is 19.7 Å². The second kappa shape index (κ2) is 6.30. The van der Waals surface area contributed by atoms with Crippen molar-refractivity contribution < 1.29 is 23.9 Å². The van der Waals surface area contributed by atoms with Crippen molar-refractivity contribution in [3.05, 3.63) is 41.1 Å². The molecule has 1 amide bonds. The lowest BCUT2D eigenvalue weighted by atomic mass is 10.1. The monoisotopic (exact) mass is 304 g/mol. The average molecular weight is 304 g/mol. The van der Waals surface area contributed by atoms with Crippen molar-refractivity contribution in [3.63, 3.8) is 0 Å². The van der Waals surface area contributed by atoms with Gasteiger partial charge in [-0.3, -0.25) is 4.79 Å². The first kappa shape index (κ1) is 15.6. The standard InChI is InChI=1S/C15H16N2O5/c1-17-8-9-5-4-6-10(13(9)14(17)19)16-11(15(20)22-3)7-12(18)21-2/h4-7,16H,8H2,1-3H3/b11-7+. The number of methoxy groups -OCH3 is 2. The van der Waals surface area contributed by atoms with Crippen LogP contribution in [-0.2, 0) is 25.6 Å². The molecule has 1 heterocycles. The lowest BCUT2D eigenvalue weighted by molar-refractivity contribution is -0.138. The quantitative estimate of drug-likeness (QED) is 0.657. The summed E-state index contributed by atoms with van der Waals surface area (Å²) in [4.78, 5) is 36.9. The van der Waals surface area contributed by atoms with E-state index in [0.717, 1.165) is 11.6 Å². The number of nitrogens with zero attached hydrogens (tertiary/aromatic N) is 1. The minimum Gasteiger partial charge on any atom is -0.466 e. The van der Waals surface area contributed by atoms with Crippen molar-refractivity contribution in [1.29, 1.82) is 0 Å². The Balaban J connectivity index is 2.39. The van der Waals surface area contributed by atoms with Crippen LogP contribution in [0.4, 0.5) is 5.69 Å². The molecule has 0 bridgehead atoms. The zero-order chi connectivity index (χ0) is 16.3. The van der Waals surface area contributed by atoms with E-state index < -0.39 is 11.9 Å². The summed E-state index contributed by atoms with van der Waals surface area (Å²) in [6, 6.07) is 5.26. The molecule has 0 unspecified atom stereocenters. The SMILES string of the molecule is COC(=O)/C=C(/Nc1cccc2c1C(=O)N(C)C2)C(=O)OC. The van der Waals surface area contributed by atoms with E-state index in [1.165, 1.54) is 14.2 Å². The van der Waals surface area contributed by atoms with Gasteiger partial charge in [0.15, 0.2) is 0 Å². The Labute approximate surface area is 127 Å². The number of anilines is 1. The largest absolute Gasteiger partial charge is 0.466 e. The van der Waals surface area contributed by atoms with E-state index in [1.807, 2.05) is 6.07 Å². The van der Waals surface area contributed by atoms with Crippen LogP contribution in [0.15, 0.2) is 30.0 Å². The van der Waals surface area contributed by atoms with Crippen LogP contribution in [0.25, 0.3) is 0 Å². The Morgan fingerprint density at radius 3 is 2.64 bits per heavy atom. The van der Waals surface area contributed by atoms with Gasteiger partial charge in [-0.25, -0.2) is 9.59 Å². The molecular weight excluding hydrogens is 288 g/mol. The number of benzene rings is 1. The minimum atomic E-state index is -0.734. The third kappa shape index (κ3) is 2.93. The molecule has 1 N–H and O–H groups in total. The lowest BCUT2D eigenvalue weighted by Crippen LogP contribution is -2.20. The molecule has 1 aromatic rings. The Morgan fingerprint density at radius 2 is 2.00 bits per heavy atom. The maximum absolute atomic E-state index is 12.2. The van der Waals surface area contributed by atoms with Crippen LogP contribution in [0, 0.1) is 0 Å². The first-order valence-corrected chi connectivity index (χ1v) is 6.50. The lowest BCUT2D eigenvalue weighted by Gasteiger charge is -2.12. The van der Waals surface area contributed by atoms with Crippen LogP contribution in [0.3, 0.4) is 0 Å². The third-order valence-corrected chi connectivity index (χ3v) is 3.26. The van der Waals surface area contributed by atoms with Crippen LogP contribution in [0.2, 0.25) is 0 Å². The molecule has 1 aliphatic rings. The van der Waals surface area contributed by atoms with Crippen molar-refractivity contribution in [1.82, 2.24) is 4.90 Å². The van der Waals surface area contributed by atoms with E-state index in [2.05, 4.69) is 14.8 Å². The summed E-state index contributed by atoms with van der Waals surface area (Å²) < 4.78 is 9.13. The number of amides is 1. The number of rotatable bonds is 4. The maximum Gasteiger partial charge on any atom is 0.354 e. The summed E-state index contributed by atoms with van der Waals surface area (Å²) in [7, 11) is 4.09. The molecule has 0 saturated carbocycles. The molecule has 2 rings (SSSR count). The highest BCUT2D eigenvalue weighted by molar-refractivity contribution is 6.05. The summed E-state index contributed by atoms with van der Waals surface area (Å²) in [5.74, 6) is -1.59. The third-order valence-electron chi connectivity index (χ3n) is 3.26. The molecular formula is C15H16N2O5. The maximum atomic E-state index is 12.2. The molecule has 7 heteroatoms. The number of esters is 2. The summed E-state index contributed by atoms with van der Waals surface area (Å²) in [6.07, 6.45) is 0.981. The molecule has 1 aliphatic heterocycles. The zero-order valence-corrected chi connectivity index (χ0v) is 12.5. The van der Waals surface area contributed by atoms with E-state index in [-0.39, 0.29) is 11.6 Å². The Kier molecular flexibility index (Phi) is 4.45. The molecule has 1 aromatic carbocycles. The normalized spacial score (nSPS) is 13.7. The Hall–Kier alpha value is -2.83. The van der Waals surface area contributed by atoms with Gasteiger partial charge in [0.1, 0.15) is 5.70 Å². The highest BCUT2D eigenvalue weighted by Crippen LogP contribution is 2.29. The van der Waals surface area contributed by atoms with Crippen LogP contribution in [0.5, 0.6) is 0 Å². The number of fused-ring (bicyclic) bond motifs is 1. The molecule has 116 valence electrons. The van der Waals surface area contributed by atoms with Crippen LogP contribution >= 0.6 is 0 Å². The van der Waals surface area contributed by atoms with Gasteiger partial charge in [0.25, 0.3) is 5.91 Å². The van der Waals surface area contributed by atoms with Crippen molar-refractivity contribution in [2.24, 2.45) is 0 Å². The van der Waals surface area contributed by atoms with Gasteiger partial charge in [-0.1, -0.05) is 12.1 Å². The highest BCUT2D eigenvalue weighted by atomic mass is 16.5. The molecule has 0 fully saturated rings. The van der Waals surface area contributed by atoms with Gasteiger partial charge in [0, 0.05) is 13.6 Å². The van der Waals surface area contributed by atoms with Crippen molar-refractivity contribution >= 4 is 23.5 Å². The van der Waals surface area contributed by atoms with Crippen molar-refractivity contribution in [2.45, 2.75) is 6.54 Å². The van der Waals surface area contributed by atoms with Crippen LogP contribution < -0.4 is 5.32 Å². The predicted molar refractivity (Wildman–Crippen MR) is 78.0 cm³/mol. The number of hydrogen-bond acceptors (Lipinski definition) is 6. The number of carbonyl (C=O) groups excluding carboxylic acids is 3. The summed E-state index contributed by atoms with van der Waals surface area (Å²) >= 11 is 0. The summed E-state index contributed by atoms with van der Waals surface area (Å²) in [5, 5.41) is 2.78. The second-order valence-electron chi connectivity index (χ2n) is 4.70. The predicted octanol–water partition coefficient (Wildman–Crippen LogP) is 0.914. The number of ether oxygens (including phenoxy) is 2. The first-order chi connectivity index (χ1) is 10.5. The Morgan fingerprint density at radius 1 is 1.27 bits per heavy atom. The molecule has 0 aromatic heterocycles. The van der Waals surface area contributed by atoms with E-state index in [9.17, 15) is 14.4 Å². The fourth-order valence-electron chi connectivity index (χ4n) is 2.18. The highest BCUT2D eigenvalue weighted by Gasteiger charge is 2.28. The van der Waals surface area contributed by atoms with Gasteiger partial charge in [-0.2, -0.15) is 0 Å². The van der Waals surface area contributed by atoms with E-state index >= 15 is 0 Å². The number of hydrogen-bond donors (Lipinski definition) is 1. The van der Waals surface area contributed by atoms with Gasteiger partial charge in [-0.15, -0.1) is 0 Å². The number of carbonyl (C=O) groups is 3. The van der Waals surface area contributed by atoms with Gasteiger partial charge in [-0.05, 0) is 11.6 Å². The zero-order valence-electron chi connectivity index (χ0n) is 12.5. The fourth-order valence-corrected chi connectivity index (χ4v) is 2.18. The molecule has 0 saturated heterocycles. The molecule has 7 nitrogen and oxygen atoms in total. The second-order valence-corrected chi connectivity index (χ2v) is 4.70. The molecule has 0 aliphatic carbocycles. The molecule has 0 spiro atoms. The first-order valence-electron chi connectivity index (χ1n) is 6.50. The van der Waals surface area contributed by atoms with Crippen molar-refractivity contribution in [2.75, 3.05) is 26.6 Å². The van der Waals surface area contributed by atoms with Gasteiger partial charge in [0.05, 0.1) is 31.5 Å².